The van der Waals surface area contributed by atoms with Gasteiger partial charge in [-0.15, -0.1) is 0 Å². The standard InChI is InChI=1S/C32H24Cl2FN3O3S/c1-3-41-31(40)28-18(2)36-32-38(29(28)19-9-12-23(35)13-10-19)30(39)27(42-32)14-21-17-37(26-7-5-4-6-24(21)26)16-20-8-11-22(33)15-25(20)34/h4-15,17,29H,3,16H2,1-2H3/b27-14-/t29-/m0/s1. The van der Waals surface area contributed by atoms with E-state index in [2.05, 4.69) is 9.56 Å². The van der Waals surface area contributed by atoms with E-state index in [9.17, 15) is 14.0 Å². The molecule has 10 heteroatoms. The van der Waals surface area contributed by atoms with Crippen molar-refractivity contribution in [1.29, 1.82) is 0 Å². The molecular formula is C32H24Cl2FN3O3S. The van der Waals surface area contributed by atoms with Gasteiger partial charge in [-0.2, -0.15) is 0 Å². The van der Waals surface area contributed by atoms with Gasteiger partial charge < -0.3 is 9.30 Å². The third kappa shape index (κ3) is 5.11. The molecule has 1 atom stereocenters. The zero-order chi connectivity index (χ0) is 29.5. The lowest BCUT2D eigenvalue weighted by atomic mass is 9.96. The van der Waals surface area contributed by atoms with Gasteiger partial charge in [0.25, 0.3) is 5.56 Å². The van der Waals surface area contributed by atoms with Crippen molar-refractivity contribution in [3.8, 4) is 0 Å². The zero-order valence-electron chi connectivity index (χ0n) is 22.6. The van der Waals surface area contributed by atoms with Gasteiger partial charge in [-0.1, -0.05) is 70.9 Å². The van der Waals surface area contributed by atoms with E-state index in [1.807, 2.05) is 42.6 Å². The fourth-order valence-corrected chi connectivity index (χ4v) is 6.75. The molecule has 0 radical (unpaired) electrons. The molecule has 212 valence electrons. The zero-order valence-corrected chi connectivity index (χ0v) is 24.9. The third-order valence-electron chi connectivity index (χ3n) is 7.16. The Kier molecular flexibility index (Phi) is 7.62. The van der Waals surface area contributed by atoms with Crippen LogP contribution in [0.2, 0.25) is 10.0 Å². The first-order valence-electron chi connectivity index (χ1n) is 13.2. The van der Waals surface area contributed by atoms with Gasteiger partial charge in [0.2, 0.25) is 0 Å². The van der Waals surface area contributed by atoms with E-state index >= 15 is 0 Å². The number of aromatic nitrogens is 2. The Morgan fingerprint density at radius 1 is 1.12 bits per heavy atom. The largest absolute Gasteiger partial charge is 0.463 e. The van der Waals surface area contributed by atoms with Crippen LogP contribution in [0, 0.1) is 5.82 Å². The van der Waals surface area contributed by atoms with E-state index in [-0.39, 0.29) is 17.7 Å². The number of hydrogen-bond donors (Lipinski definition) is 0. The Hall–Kier alpha value is -3.98. The summed E-state index contributed by atoms with van der Waals surface area (Å²) in [6, 6.07) is 18.3. The van der Waals surface area contributed by atoms with Gasteiger partial charge >= 0.3 is 5.97 Å². The number of fused-ring (bicyclic) bond motifs is 2. The molecule has 3 heterocycles. The quantitative estimate of drug-likeness (QED) is 0.211. The van der Waals surface area contributed by atoms with Crippen LogP contribution in [0.15, 0.2) is 94.0 Å². The number of benzene rings is 3. The Bertz CT molecular complexity index is 2080. The maximum atomic E-state index is 14.0. The molecule has 1 aliphatic rings. The van der Waals surface area contributed by atoms with Crippen LogP contribution in [0.5, 0.6) is 0 Å². The van der Waals surface area contributed by atoms with Gasteiger partial charge in [-0.3, -0.25) is 9.36 Å². The number of hydrogen-bond acceptors (Lipinski definition) is 5. The number of carbonyl (C=O) groups is 1. The number of esters is 1. The van der Waals surface area contributed by atoms with Crippen molar-refractivity contribution in [3.63, 3.8) is 0 Å². The van der Waals surface area contributed by atoms with E-state index < -0.39 is 17.8 Å². The smallest absolute Gasteiger partial charge is 0.338 e. The fraction of sp³-hybridized carbons (Fsp3) is 0.156. The number of ether oxygens (including phenoxy) is 1. The highest BCUT2D eigenvalue weighted by molar-refractivity contribution is 7.07. The molecule has 42 heavy (non-hydrogen) atoms. The first kappa shape index (κ1) is 28.2. The maximum Gasteiger partial charge on any atom is 0.338 e. The minimum atomic E-state index is -0.809. The molecule has 1 aliphatic heterocycles. The number of nitrogens with zero attached hydrogens (tertiary/aromatic N) is 3. The van der Waals surface area contributed by atoms with Gasteiger partial charge in [0.05, 0.1) is 28.5 Å². The Morgan fingerprint density at radius 3 is 2.62 bits per heavy atom. The van der Waals surface area contributed by atoms with Crippen molar-refractivity contribution in [1.82, 2.24) is 9.13 Å². The summed E-state index contributed by atoms with van der Waals surface area (Å²) in [5.74, 6) is -0.980. The molecule has 6 nitrogen and oxygen atoms in total. The number of carbonyl (C=O) groups excluding carboxylic acids is 1. The highest BCUT2D eigenvalue weighted by Gasteiger charge is 2.33. The van der Waals surface area contributed by atoms with E-state index in [1.165, 1.54) is 28.0 Å². The Labute approximate surface area is 254 Å². The highest BCUT2D eigenvalue weighted by Crippen LogP contribution is 2.31. The summed E-state index contributed by atoms with van der Waals surface area (Å²) >= 11 is 13.8. The average Bonchev–Trinajstić information content (AvgIpc) is 3.46. The van der Waals surface area contributed by atoms with Crippen LogP contribution in [0.3, 0.4) is 0 Å². The molecule has 0 spiro atoms. The molecule has 0 fully saturated rings. The molecule has 0 N–H and O–H groups in total. The predicted molar refractivity (Wildman–Crippen MR) is 164 cm³/mol. The van der Waals surface area contributed by atoms with Crippen molar-refractivity contribution in [2.24, 2.45) is 4.99 Å². The van der Waals surface area contributed by atoms with Crippen LogP contribution in [-0.4, -0.2) is 21.7 Å². The Balaban J connectivity index is 1.51. The number of rotatable bonds is 6. The second-order valence-electron chi connectivity index (χ2n) is 9.82. The van der Waals surface area contributed by atoms with Crippen molar-refractivity contribution < 1.29 is 13.9 Å². The summed E-state index contributed by atoms with van der Waals surface area (Å²) in [5.41, 5.74) is 3.71. The lowest BCUT2D eigenvalue weighted by molar-refractivity contribution is -0.139. The number of para-hydroxylation sites is 1. The maximum absolute atomic E-state index is 14.0. The van der Waals surface area contributed by atoms with E-state index in [1.54, 1.807) is 38.1 Å². The number of halogens is 3. The number of allylic oxidation sites excluding steroid dienone is 1. The third-order valence-corrected chi connectivity index (χ3v) is 8.73. The van der Waals surface area contributed by atoms with Gasteiger partial charge in [-0.05, 0) is 61.4 Å². The normalized spacial score (nSPS) is 15.2. The molecule has 2 aromatic heterocycles. The van der Waals surface area contributed by atoms with Crippen LogP contribution in [0.1, 0.15) is 36.6 Å². The lowest BCUT2D eigenvalue weighted by Crippen LogP contribution is -2.39. The molecule has 3 aromatic carbocycles. The van der Waals surface area contributed by atoms with Gasteiger partial charge in [0.15, 0.2) is 4.80 Å². The minimum Gasteiger partial charge on any atom is -0.463 e. The van der Waals surface area contributed by atoms with Crippen molar-refractivity contribution >= 4 is 57.5 Å². The SMILES string of the molecule is CCOC(=O)C1=C(C)N=c2s/c(=C\c3cn(Cc4ccc(Cl)cc4Cl)c4ccccc34)c(=O)n2[C@H]1c1ccc(F)cc1. The van der Waals surface area contributed by atoms with Crippen molar-refractivity contribution in [2.45, 2.75) is 26.4 Å². The molecule has 0 saturated heterocycles. The van der Waals surface area contributed by atoms with Crippen LogP contribution < -0.4 is 14.9 Å². The highest BCUT2D eigenvalue weighted by atomic mass is 35.5. The second kappa shape index (κ2) is 11.4. The summed E-state index contributed by atoms with van der Waals surface area (Å²) in [7, 11) is 0. The van der Waals surface area contributed by atoms with Crippen molar-refractivity contribution in [2.75, 3.05) is 6.61 Å². The first-order valence-corrected chi connectivity index (χ1v) is 14.8. The first-order chi connectivity index (χ1) is 20.2. The summed E-state index contributed by atoms with van der Waals surface area (Å²) in [6.07, 6.45) is 3.83. The topological polar surface area (TPSA) is 65.6 Å². The van der Waals surface area contributed by atoms with Crippen LogP contribution in [0.4, 0.5) is 4.39 Å². The van der Waals surface area contributed by atoms with E-state index in [4.69, 9.17) is 27.9 Å². The molecule has 0 bridgehead atoms. The summed E-state index contributed by atoms with van der Waals surface area (Å²) in [4.78, 5) is 32.1. The van der Waals surface area contributed by atoms with Crippen LogP contribution in [-0.2, 0) is 16.1 Å². The second-order valence-corrected chi connectivity index (χ2v) is 11.7. The molecule has 0 saturated carbocycles. The van der Waals surface area contributed by atoms with Gasteiger partial charge in [0, 0.05) is 39.3 Å². The van der Waals surface area contributed by atoms with Gasteiger partial charge in [-0.25, -0.2) is 14.2 Å². The fourth-order valence-electron chi connectivity index (χ4n) is 5.25. The molecule has 5 aromatic rings. The monoisotopic (exact) mass is 619 g/mol. The summed E-state index contributed by atoms with van der Waals surface area (Å²) in [5, 5.41) is 2.10. The Morgan fingerprint density at radius 2 is 1.88 bits per heavy atom. The minimum absolute atomic E-state index is 0.168. The van der Waals surface area contributed by atoms with Gasteiger partial charge in [0.1, 0.15) is 5.82 Å². The van der Waals surface area contributed by atoms with E-state index in [0.29, 0.717) is 37.2 Å². The number of thiazole rings is 1. The van der Waals surface area contributed by atoms with E-state index in [0.717, 1.165) is 22.0 Å². The van der Waals surface area contributed by atoms with Crippen molar-refractivity contribution in [3.05, 3.63) is 136 Å². The molecule has 6 rings (SSSR count). The lowest BCUT2D eigenvalue weighted by Gasteiger charge is -2.24. The molecule has 0 unspecified atom stereocenters. The molecule has 0 amide bonds. The average molecular weight is 621 g/mol. The summed E-state index contributed by atoms with van der Waals surface area (Å²) < 4.78 is 23.2. The van der Waals surface area contributed by atoms with Crippen LogP contribution in [0.25, 0.3) is 17.0 Å². The molecular weight excluding hydrogens is 596 g/mol. The summed E-state index contributed by atoms with van der Waals surface area (Å²) in [6.45, 7) is 4.11. The predicted octanol–water partition coefficient (Wildman–Crippen LogP) is 6.25. The van der Waals surface area contributed by atoms with Crippen LogP contribution >= 0.6 is 34.5 Å². The molecule has 0 aliphatic carbocycles.